The number of allylic oxidation sites excluding steroid dienone is 1. The molecule has 2 aliphatic rings. The Morgan fingerprint density at radius 3 is 2.40 bits per heavy atom. The van der Waals surface area contributed by atoms with Crippen molar-refractivity contribution in [3.05, 3.63) is 12.3 Å². The SMILES string of the molecule is C=C(C)OC(=O)N1CC2CC(=O)CC2C1. The molecular formula is C11H15NO3. The standard InChI is InChI=1S/C11H15NO3/c1-7(2)15-11(14)12-5-8-3-10(13)4-9(8)6-12/h8-9H,1,3-6H2,2H3. The first kappa shape index (κ1) is 10.2. The van der Waals surface area contributed by atoms with Crippen molar-refractivity contribution >= 4 is 11.9 Å². The maximum atomic E-state index is 11.5. The highest BCUT2D eigenvalue weighted by molar-refractivity contribution is 5.82. The molecule has 0 spiro atoms. The highest BCUT2D eigenvalue weighted by Crippen LogP contribution is 2.36. The quantitative estimate of drug-likeness (QED) is 0.616. The number of carbonyl (C=O) groups excluding carboxylic acids is 2. The summed E-state index contributed by atoms with van der Waals surface area (Å²) in [5.74, 6) is 1.45. The van der Waals surface area contributed by atoms with Gasteiger partial charge in [-0.3, -0.25) is 4.79 Å². The predicted octanol–water partition coefficient (Wildman–Crippen LogP) is 1.57. The minimum Gasteiger partial charge on any atom is -0.416 e. The van der Waals surface area contributed by atoms with Gasteiger partial charge >= 0.3 is 6.09 Å². The molecule has 4 heteroatoms. The van der Waals surface area contributed by atoms with Crippen LogP contribution in [0.25, 0.3) is 0 Å². The summed E-state index contributed by atoms with van der Waals surface area (Å²) < 4.78 is 4.93. The summed E-state index contributed by atoms with van der Waals surface area (Å²) in [6.45, 7) is 6.49. The van der Waals surface area contributed by atoms with Gasteiger partial charge in [-0.2, -0.15) is 0 Å². The molecule has 2 unspecified atom stereocenters. The maximum Gasteiger partial charge on any atom is 0.414 e. The van der Waals surface area contributed by atoms with E-state index in [1.54, 1.807) is 11.8 Å². The van der Waals surface area contributed by atoms with Crippen LogP contribution in [0, 0.1) is 11.8 Å². The number of fused-ring (bicyclic) bond motifs is 1. The Morgan fingerprint density at radius 1 is 1.40 bits per heavy atom. The van der Waals surface area contributed by atoms with Crippen molar-refractivity contribution in [3.63, 3.8) is 0 Å². The fraction of sp³-hybridized carbons (Fsp3) is 0.636. The first-order valence-electron chi connectivity index (χ1n) is 5.20. The van der Waals surface area contributed by atoms with Crippen molar-refractivity contribution in [1.29, 1.82) is 0 Å². The van der Waals surface area contributed by atoms with Crippen molar-refractivity contribution in [2.75, 3.05) is 13.1 Å². The zero-order valence-corrected chi connectivity index (χ0v) is 8.86. The molecule has 1 saturated heterocycles. The van der Waals surface area contributed by atoms with Crippen molar-refractivity contribution in [1.82, 2.24) is 4.90 Å². The summed E-state index contributed by atoms with van der Waals surface area (Å²) in [7, 11) is 0. The molecule has 2 fully saturated rings. The van der Waals surface area contributed by atoms with Crippen LogP contribution in [-0.4, -0.2) is 29.9 Å². The van der Waals surface area contributed by atoms with Gasteiger partial charge in [0, 0.05) is 25.9 Å². The van der Waals surface area contributed by atoms with Crippen LogP contribution in [0.3, 0.4) is 0 Å². The third kappa shape index (κ3) is 2.03. The van der Waals surface area contributed by atoms with Gasteiger partial charge in [-0.05, 0) is 18.8 Å². The number of ketones is 1. The zero-order chi connectivity index (χ0) is 11.0. The van der Waals surface area contributed by atoms with E-state index in [1.807, 2.05) is 0 Å². The minimum absolute atomic E-state index is 0.329. The molecule has 1 aliphatic carbocycles. The molecule has 4 nitrogen and oxygen atoms in total. The average Bonchev–Trinajstić information content (AvgIpc) is 2.58. The molecule has 0 aromatic rings. The van der Waals surface area contributed by atoms with Gasteiger partial charge in [-0.25, -0.2) is 4.79 Å². The normalized spacial score (nSPS) is 29.1. The minimum atomic E-state index is -0.329. The maximum absolute atomic E-state index is 11.5. The molecule has 0 aromatic carbocycles. The molecule has 15 heavy (non-hydrogen) atoms. The van der Waals surface area contributed by atoms with E-state index < -0.39 is 0 Å². The largest absolute Gasteiger partial charge is 0.416 e. The molecule has 1 saturated carbocycles. The molecule has 0 radical (unpaired) electrons. The average molecular weight is 209 g/mol. The van der Waals surface area contributed by atoms with E-state index in [1.165, 1.54) is 0 Å². The van der Waals surface area contributed by atoms with Crippen LogP contribution >= 0.6 is 0 Å². The number of ether oxygens (including phenoxy) is 1. The van der Waals surface area contributed by atoms with Crippen LogP contribution in [-0.2, 0) is 9.53 Å². The van der Waals surface area contributed by atoms with Crippen LogP contribution in [0.1, 0.15) is 19.8 Å². The van der Waals surface area contributed by atoms with E-state index in [0.29, 0.717) is 49.3 Å². The van der Waals surface area contributed by atoms with Gasteiger partial charge in [0.15, 0.2) is 0 Å². The van der Waals surface area contributed by atoms with Gasteiger partial charge in [0.05, 0.1) is 5.76 Å². The molecule has 0 N–H and O–H groups in total. The Bertz CT molecular complexity index is 308. The van der Waals surface area contributed by atoms with Gasteiger partial charge in [0.25, 0.3) is 0 Å². The van der Waals surface area contributed by atoms with Crippen LogP contribution in [0.4, 0.5) is 4.79 Å². The summed E-state index contributed by atoms with van der Waals surface area (Å²) in [5, 5.41) is 0. The second-order valence-electron chi connectivity index (χ2n) is 4.44. The van der Waals surface area contributed by atoms with E-state index in [9.17, 15) is 9.59 Å². The molecule has 1 aliphatic heterocycles. The van der Waals surface area contributed by atoms with Crippen LogP contribution in [0.5, 0.6) is 0 Å². The highest BCUT2D eigenvalue weighted by atomic mass is 16.6. The number of Topliss-reactive ketones (excluding diaryl/α,β-unsaturated/α-hetero) is 1. The Morgan fingerprint density at radius 2 is 1.93 bits per heavy atom. The third-order valence-electron chi connectivity index (χ3n) is 3.08. The van der Waals surface area contributed by atoms with Crippen LogP contribution in [0.2, 0.25) is 0 Å². The van der Waals surface area contributed by atoms with Crippen molar-refractivity contribution in [3.8, 4) is 0 Å². The molecule has 1 heterocycles. The molecule has 0 aromatic heterocycles. The summed E-state index contributed by atoms with van der Waals surface area (Å²) >= 11 is 0. The Balaban J connectivity index is 1.91. The Labute approximate surface area is 88.9 Å². The van der Waals surface area contributed by atoms with E-state index in [2.05, 4.69) is 6.58 Å². The Kier molecular flexibility index (Phi) is 2.50. The summed E-state index contributed by atoms with van der Waals surface area (Å²) in [4.78, 5) is 24.4. The predicted molar refractivity (Wildman–Crippen MR) is 54.1 cm³/mol. The third-order valence-corrected chi connectivity index (χ3v) is 3.08. The van der Waals surface area contributed by atoms with Gasteiger partial charge in [0.1, 0.15) is 5.78 Å². The van der Waals surface area contributed by atoms with Crippen LogP contribution < -0.4 is 0 Å². The first-order valence-corrected chi connectivity index (χ1v) is 5.20. The van der Waals surface area contributed by atoms with Crippen molar-refractivity contribution in [2.24, 2.45) is 11.8 Å². The second-order valence-corrected chi connectivity index (χ2v) is 4.44. The Hall–Kier alpha value is -1.32. The topological polar surface area (TPSA) is 46.6 Å². The fourth-order valence-corrected chi connectivity index (χ4v) is 2.43. The number of likely N-dealkylation sites (tertiary alicyclic amines) is 1. The monoisotopic (exact) mass is 209 g/mol. The summed E-state index contributed by atoms with van der Waals surface area (Å²) in [6, 6.07) is 0. The molecule has 0 bridgehead atoms. The van der Waals surface area contributed by atoms with Crippen molar-refractivity contribution < 1.29 is 14.3 Å². The van der Waals surface area contributed by atoms with E-state index in [4.69, 9.17) is 4.74 Å². The second kappa shape index (κ2) is 3.68. The number of amides is 1. The fourth-order valence-electron chi connectivity index (χ4n) is 2.43. The summed E-state index contributed by atoms with van der Waals surface area (Å²) in [5.41, 5.74) is 0. The lowest BCUT2D eigenvalue weighted by molar-refractivity contribution is -0.118. The van der Waals surface area contributed by atoms with E-state index >= 15 is 0 Å². The number of nitrogens with zero attached hydrogens (tertiary/aromatic N) is 1. The lowest BCUT2D eigenvalue weighted by Gasteiger charge is -2.16. The highest BCUT2D eigenvalue weighted by Gasteiger charge is 2.42. The van der Waals surface area contributed by atoms with Gasteiger partial charge in [-0.15, -0.1) is 0 Å². The molecule has 1 amide bonds. The van der Waals surface area contributed by atoms with E-state index in [-0.39, 0.29) is 6.09 Å². The summed E-state index contributed by atoms with van der Waals surface area (Å²) in [6.07, 6.45) is 0.924. The molecule has 2 atom stereocenters. The number of rotatable bonds is 1. The smallest absolute Gasteiger partial charge is 0.414 e. The number of carbonyl (C=O) groups is 2. The van der Waals surface area contributed by atoms with Gasteiger partial charge in [0.2, 0.25) is 0 Å². The van der Waals surface area contributed by atoms with Crippen molar-refractivity contribution in [2.45, 2.75) is 19.8 Å². The number of hydrogen-bond acceptors (Lipinski definition) is 3. The molecular weight excluding hydrogens is 194 g/mol. The molecule has 82 valence electrons. The first-order chi connectivity index (χ1) is 7.06. The molecule has 2 rings (SSSR count). The zero-order valence-electron chi connectivity index (χ0n) is 8.86. The van der Waals surface area contributed by atoms with Gasteiger partial charge < -0.3 is 9.64 Å². The lowest BCUT2D eigenvalue weighted by atomic mass is 10.0. The van der Waals surface area contributed by atoms with E-state index in [0.717, 1.165) is 0 Å². The lowest BCUT2D eigenvalue weighted by Crippen LogP contribution is -2.30. The van der Waals surface area contributed by atoms with Crippen LogP contribution in [0.15, 0.2) is 12.3 Å². The van der Waals surface area contributed by atoms with Gasteiger partial charge in [-0.1, -0.05) is 6.58 Å². The number of hydrogen-bond donors (Lipinski definition) is 0.